The van der Waals surface area contributed by atoms with Crippen LogP contribution >= 0.6 is 11.3 Å². The molecule has 1 fully saturated rings. The van der Waals surface area contributed by atoms with Crippen LogP contribution in [-0.4, -0.2) is 46.3 Å². The second-order valence-electron chi connectivity index (χ2n) is 6.20. The Bertz CT molecular complexity index is 702. The molecule has 2 aromatic rings. The number of ether oxygens (including phenoxy) is 1. The minimum atomic E-state index is -0.103. The molecule has 2 aliphatic rings. The number of amides is 1. The summed E-state index contributed by atoms with van der Waals surface area (Å²) in [6, 6.07) is 4.16. The molecule has 1 amide bonds. The standard InChI is InChI=1S/C16H20N4O2S/c1-11-6-12(10-23-11)8-19-3-2-13(9-19)17-16(21)14-7-15-20(18-14)4-5-22-15/h6-7,10,13H,2-5,8-9H2,1H3,(H,17,21). The van der Waals surface area contributed by atoms with Crippen molar-refractivity contribution in [3.63, 3.8) is 0 Å². The normalized spacial score (nSPS) is 20.5. The zero-order chi connectivity index (χ0) is 15.8. The average Bonchev–Trinajstić information content (AvgIpc) is 3.23. The van der Waals surface area contributed by atoms with Crippen LogP contribution in [0.15, 0.2) is 17.5 Å². The first-order valence-corrected chi connectivity index (χ1v) is 8.83. The second-order valence-corrected chi connectivity index (χ2v) is 7.31. The number of aromatic nitrogens is 2. The molecule has 23 heavy (non-hydrogen) atoms. The van der Waals surface area contributed by atoms with Crippen molar-refractivity contribution in [1.29, 1.82) is 0 Å². The van der Waals surface area contributed by atoms with Crippen molar-refractivity contribution in [3.05, 3.63) is 33.6 Å². The summed E-state index contributed by atoms with van der Waals surface area (Å²) in [5.74, 6) is 0.588. The molecular formula is C16H20N4O2S. The van der Waals surface area contributed by atoms with Crippen LogP contribution in [-0.2, 0) is 13.1 Å². The molecule has 1 N–H and O–H groups in total. The summed E-state index contributed by atoms with van der Waals surface area (Å²) < 4.78 is 7.14. The van der Waals surface area contributed by atoms with Crippen molar-refractivity contribution in [2.24, 2.45) is 0 Å². The van der Waals surface area contributed by atoms with Gasteiger partial charge in [0.15, 0.2) is 5.69 Å². The van der Waals surface area contributed by atoms with E-state index in [0.717, 1.165) is 32.6 Å². The minimum absolute atomic E-state index is 0.103. The Hall–Kier alpha value is -1.86. The zero-order valence-corrected chi connectivity index (χ0v) is 13.9. The molecule has 2 aromatic heterocycles. The molecular weight excluding hydrogens is 312 g/mol. The highest BCUT2D eigenvalue weighted by Crippen LogP contribution is 2.20. The van der Waals surface area contributed by atoms with Crippen molar-refractivity contribution in [2.75, 3.05) is 19.7 Å². The maximum atomic E-state index is 12.3. The summed E-state index contributed by atoms with van der Waals surface area (Å²) >= 11 is 1.79. The first kappa shape index (κ1) is 14.7. The number of rotatable bonds is 4. The molecule has 0 saturated carbocycles. The monoisotopic (exact) mass is 332 g/mol. The topological polar surface area (TPSA) is 59.4 Å². The van der Waals surface area contributed by atoms with Gasteiger partial charge < -0.3 is 10.1 Å². The fraction of sp³-hybridized carbons (Fsp3) is 0.500. The van der Waals surface area contributed by atoms with Crippen molar-refractivity contribution in [2.45, 2.75) is 32.5 Å². The number of carbonyl (C=O) groups is 1. The first-order chi connectivity index (χ1) is 11.2. The molecule has 1 atom stereocenters. The molecule has 122 valence electrons. The Morgan fingerprint density at radius 3 is 3.17 bits per heavy atom. The summed E-state index contributed by atoms with van der Waals surface area (Å²) in [5, 5.41) is 9.60. The molecule has 4 heterocycles. The van der Waals surface area contributed by atoms with Crippen LogP contribution in [0.5, 0.6) is 5.88 Å². The van der Waals surface area contributed by atoms with Crippen molar-refractivity contribution >= 4 is 17.2 Å². The highest BCUT2D eigenvalue weighted by Gasteiger charge is 2.26. The third kappa shape index (κ3) is 3.11. The highest BCUT2D eigenvalue weighted by atomic mass is 32.1. The van der Waals surface area contributed by atoms with Gasteiger partial charge in [-0.2, -0.15) is 5.10 Å². The van der Waals surface area contributed by atoms with Gasteiger partial charge in [0, 0.05) is 36.6 Å². The zero-order valence-electron chi connectivity index (χ0n) is 13.1. The number of likely N-dealkylation sites (tertiary alicyclic amines) is 1. The molecule has 1 saturated heterocycles. The van der Waals surface area contributed by atoms with Gasteiger partial charge in [-0.25, -0.2) is 4.68 Å². The smallest absolute Gasteiger partial charge is 0.272 e. The van der Waals surface area contributed by atoms with Crippen LogP contribution in [0.3, 0.4) is 0 Å². The van der Waals surface area contributed by atoms with Crippen LogP contribution in [0.25, 0.3) is 0 Å². The summed E-state index contributed by atoms with van der Waals surface area (Å²) in [4.78, 5) is 16.1. The SMILES string of the molecule is Cc1cc(CN2CCC(NC(=O)c3cc4n(n3)CCO4)C2)cs1. The second kappa shape index (κ2) is 5.98. The lowest BCUT2D eigenvalue weighted by Gasteiger charge is -2.15. The van der Waals surface area contributed by atoms with Crippen molar-refractivity contribution in [1.82, 2.24) is 20.0 Å². The fourth-order valence-corrected chi connectivity index (χ4v) is 3.92. The number of aryl methyl sites for hydroxylation is 1. The lowest BCUT2D eigenvalue weighted by atomic mass is 10.2. The van der Waals surface area contributed by atoms with E-state index in [2.05, 4.69) is 33.7 Å². The lowest BCUT2D eigenvalue weighted by molar-refractivity contribution is 0.0931. The molecule has 0 aromatic carbocycles. The van der Waals surface area contributed by atoms with Gasteiger partial charge in [-0.3, -0.25) is 9.69 Å². The van der Waals surface area contributed by atoms with E-state index >= 15 is 0 Å². The highest BCUT2D eigenvalue weighted by molar-refractivity contribution is 7.10. The number of carbonyl (C=O) groups excluding carboxylic acids is 1. The molecule has 4 rings (SSSR count). The molecule has 1 unspecified atom stereocenters. The van der Waals surface area contributed by atoms with E-state index in [9.17, 15) is 4.79 Å². The third-order valence-corrected chi connectivity index (χ3v) is 5.24. The molecule has 0 radical (unpaired) electrons. The van der Waals surface area contributed by atoms with Crippen molar-refractivity contribution < 1.29 is 9.53 Å². The van der Waals surface area contributed by atoms with Crippen LogP contribution < -0.4 is 10.1 Å². The van der Waals surface area contributed by atoms with E-state index in [0.29, 0.717) is 18.2 Å². The largest absolute Gasteiger partial charge is 0.476 e. The van der Waals surface area contributed by atoms with Gasteiger partial charge in [0.1, 0.15) is 6.61 Å². The van der Waals surface area contributed by atoms with E-state index in [1.807, 2.05) is 0 Å². The maximum Gasteiger partial charge on any atom is 0.272 e. The average molecular weight is 332 g/mol. The van der Waals surface area contributed by atoms with Gasteiger partial charge in [-0.05, 0) is 30.4 Å². The molecule has 0 spiro atoms. The third-order valence-electron chi connectivity index (χ3n) is 4.33. The summed E-state index contributed by atoms with van der Waals surface area (Å²) in [5.41, 5.74) is 1.81. The van der Waals surface area contributed by atoms with Gasteiger partial charge in [-0.1, -0.05) is 0 Å². The van der Waals surface area contributed by atoms with Gasteiger partial charge in [0.05, 0.1) is 6.54 Å². The summed E-state index contributed by atoms with van der Waals surface area (Å²) in [6.07, 6.45) is 0.985. The van der Waals surface area contributed by atoms with Crippen LogP contribution in [0.2, 0.25) is 0 Å². The van der Waals surface area contributed by atoms with E-state index in [-0.39, 0.29) is 11.9 Å². The predicted molar refractivity (Wildman–Crippen MR) is 87.9 cm³/mol. The van der Waals surface area contributed by atoms with Gasteiger partial charge in [0.25, 0.3) is 5.91 Å². The first-order valence-electron chi connectivity index (χ1n) is 7.95. The predicted octanol–water partition coefficient (Wildman–Crippen LogP) is 1.65. The van der Waals surface area contributed by atoms with E-state index in [1.165, 1.54) is 10.4 Å². The number of fused-ring (bicyclic) bond motifs is 1. The van der Waals surface area contributed by atoms with Gasteiger partial charge in [0.2, 0.25) is 5.88 Å². The Balaban J connectivity index is 1.32. The lowest BCUT2D eigenvalue weighted by Crippen LogP contribution is -2.37. The van der Waals surface area contributed by atoms with Crippen LogP contribution in [0.4, 0.5) is 0 Å². The van der Waals surface area contributed by atoms with Crippen LogP contribution in [0.1, 0.15) is 27.3 Å². The molecule has 6 nitrogen and oxygen atoms in total. The van der Waals surface area contributed by atoms with E-state index < -0.39 is 0 Å². The Labute approximate surface area is 139 Å². The maximum absolute atomic E-state index is 12.3. The van der Waals surface area contributed by atoms with E-state index in [4.69, 9.17) is 4.74 Å². The quantitative estimate of drug-likeness (QED) is 0.925. The Kier molecular flexibility index (Phi) is 3.82. The number of nitrogens with one attached hydrogen (secondary N) is 1. The number of thiophene rings is 1. The summed E-state index contributed by atoms with van der Waals surface area (Å²) in [7, 11) is 0. The van der Waals surface area contributed by atoms with Gasteiger partial charge in [-0.15, -0.1) is 11.3 Å². The minimum Gasteiger partial charge on any atom is -0.476 e. The number of hydrogen-bond donors (Lipinski definition) is 1. The molecule has 0 bridgehead atoms. The van der Waals surface area contributed by atoms with Crippen molar-refractivity contribution in [3.8, 4) is 5.88 Å². The summed E-state index contributed by atoms with van der Waals surface area (Å²) in [6.45, 7) is 6.37. The number of hydrogen-bond acceptors (Lipinski definition) is 5. The van der Waals surface area contributed by atoms with E-state index in [1.54, 1.807) is 22.1 Å². The Morgan fingerprint density at radius 1 is 1.48 bits per heavy atom. The van der Waals surface area contributed by atoms with Gasteiger partial charge >= 0.3 is 0 Å². The fourth-order valence-electron chi connectivity index (χ4n) is 3.22. The molecule has 7 heteroatoms. The molecule has 0 aliphatic carbocycles. The van der Waals surface area contributed by atoms with Crippen LogP contribution in [0, 0.1) is 6.92 Å². The number of nitrogens with zero attached hydrogens (tertiary/aromatic N) is 3. The Morgan fingerprint density at radius 2 is 2.39 bits per heavy atom. The molecule has 2 aliphatic heterocycles.